The normalized spacial score (nSPS) is 23.7. The van der Waals surface area contributed by atoms with Crippen LogP contribution in [0, 0.1) is 0 Å². The van der Waals surface area contributed by atoms with E-state index in [1.807, 2.05) is 58.9 Å². The third kappa shape index (κ3) is 6.21. The lowest BCUT2D eigenvalue weighted by molar-refractivity contribution is 0.00385. The van der Waals surface area contributed by atoms with Gasteiger partial charge in [-0.3, -0.25) is 0 Å². The number of nitrogens with one attached hydrogen (secondary N) is 3. The molecule has 208 valence electrons. The number of aliphatic imine (C=N–C) groups is 1. The number of urea groups is 1. The minimum atomic E-state index is -0.840. The molecular formula is C27H40N6O5. The van der Waals surface area contributed by atoms with E-state index in [2.05, 4.69) is 20.9 Å². The molecule has 2 atom stereocenters. The highest BCUT2D eigenvalue weighted by atomic mass is 16.6. The number of aliphatic hydroxyl groups excluding tert-OH is 1. The first-order valence-electron chi connectivity index (χ1n) is 13.2. The Labute approximate surface area is 224 Å². The van der Waals surface area contributed by atoms with Crippen LogP contribution in [-0.2, 0) is 15.1 Å². The molecule has 0 saturated carbocycles. The molecule has 0 aliphatic carbocycles. The number of amidine groups is 1. The van der Waals surface area contributed by atoms with Gasteiger partial charge in [-0.15, -0.1) is 0 Å². The van der Waals surface area contributed by atoms with Crippen LogP contribution in [0.2, 0.25) is 0 Å². The summed E-state index contributed by atoms with van der Waals surface area (Å²) < 4.78 is 11.3. The molecule has 4 N–H and O–H groups in total. The Morgan fingerprint density at radius 2 is 2.00 bits per heavy atom. The van der Waals surface area contributed by atoms with Gasteiger partial charge in [-0.2, -0.15) is 0 Å². The number of anilines is 1. The van der Waals surface area contributed by atoms with E-state index in [9.17, 15) is 14.7 Å². The van der Waals surface area contributed by atoms with Crippen LogP contribution in [0.25, 0.3) is 0 Å². The number of nitrogens with zero attached hydrogens (tertiary/aromatic N) is 3. The average Bonchev–Trinajstić information content (AvgIpc) is 2.87. The van der Waals surface area contributed by atoms with Crippen molar-refractivity contribution in [1.82, 2.24) is 20.4 Å². The molecule has 0 radical (unpaired) electrons. The lowest BCUT2D eigenvalue weighted by atomic mass is 9.93. The number of hydrogen-bond acceptors (Lipinski definition) is 8. The number of carbonyl (C=O) groups is 2. The highest BCUT2D eigenvalue weighted by molar-refractivity contribution is 6.01. The third-order valence-corrected chi connectivity index (χ3v) is 6.74. The maximum Gasteiger partial charge on any atom is 0.410 e. The minimum absolute atomic E-state index is 0.0456. The molecule has 38 heavy (non-hydrogen) atoms. The summed E-state index contributed by atoms with van der Waals surface area (Å²) >= 11 is 0. The van der Waals surface area contributed by atoms with Crippen molar-refractivity contribution in [3.8, 4) is 0 Å². The maximum atomic E-state index is 12.9. The number of morpholine rings is 1. The number of hydrogen-bond donors (Lipinski definition) is 4. The Balaban J connectivity index is 1.66. The molecule has 3 heterocycles. The molecule has 1 fully saturated rings. The van der Waals surface area contributed by atoms with Gasteiger partial charge in [0.05, 0.1) is 32.4 Å². The zero-order valence-electron chi connectivity index (χ0n) is 23.0. The summed E-state index contributed by atoms with van der Waals surface area (Å²) in [7, 11) is 0. The second-order valence-corrected chi connectivity index (χ2v) is 10.9. The summed E-state index contributed by atoms with van der Waals surface area (Å²) in [5.41, 5.74) is 2.09. The highest BCUT2D eigenvalue weighted by Crippen LogP contribution is 2.35. The number of rotatable bonds is 4. The maximum absolute atomic E-state index is 12.9. The summed E-state index contributed by atoms with van der Waals surface area (Å²) in [6.45, 7) is 12.4. The van der Waals surface area contributed by atoms with Gasteiger partial charge in [0.2, 0.25) is 0 Å². The van der Waals surface area contributed by atoms with Gasteiger partial charge in [0.25, 0.3) is 0 Å². The first-order valence-corrected chi connectivity index (χ1v) is 13.2. The molecule has 1 aromatic carbocycles. The van der Waals surface area contributed by atoms with Crippen molar-refractivity contribution >= 4 is 23.6 Å². The summed E-state index contributed by atoms with van der Waals surface area (Å²) in [4.78, 5) is 33.9. The lowest BCUT2D eigenvalue weighted by Gasteiger charge is -2.45. The quantitative estimate of drug-likeness (QED) is 0.473. The van der Waals surface area contributed by atoms with Crippen LogP contribution in [0.4, 0.5) is 15.3 Å². The van der Waals surface area contributed by atoms with Crippen molar-refractivity contribution in [2.24, 2.45) is 4.99 Å². The number of benzene rings is 1. The standard InChI is InChI=1S/C27H40N6O5/c1-6-28-24(35)29-19-9-7-18(8-10-19)27(5)30-22-15-32(25(36)38-26(2,3)4)12-11-21(22)23(31-27)33-13-14-37-17-20(33)16-34/h7-10,20,30,34H,6,11-17H2,1-5H3,(H2,28,29,35)/t20-,27?/m0/s1. The fourth-order valence-electron chi connectivity index (χ4n) is 4.88. The number of aliphatic hydroxyl groups is 1. The average molecular weight is 529 g/mol. The summed E-state index contributed by atoms with van der Waals surface area (Å²) in [5, 5.41) is 19.2. The van der Waals surface area contributed by atoms with E-state index < -0.39 is 11.3 Å². The molecule has 3 aliphatic rings. The zero-order valence-corrected chi connectivity index (χ0v) is 23.0. The second-order valence-electron chi connectivity index (χ2n) is 10.9. The van der Waals surface area contributed by atoms with E-state index in [0.717, 1.165) is 22.7 Å². The summed E-state index contributed by atoms with van der Waals surface area (Å²) in [6, 6.07) is 7.08. The van der Waals surface area contributed by atoms with Crippen LogP contribution in [0.5, 0.6) is 0 Å². The summed E-state index contributed by atoms with van der Waals surface area (Å²) in [5.74, 6) is 0.817. The molecule has 1 unspecified atom stereocenters. The molecule has 3 aliphatic heterocycles. The van der Waals surface area contributed by atoms with Crippen LogP contribution in [0.15, 0.2) is 40.5 Å². The molecule has 1 saturated heterocycles. The predicted molar refractivity (Wildman–Crippen MR) is 145 cm³/mol. The number of amides is 3. The Kier molecular flexibility index (Phi) is 8.17. The molecule has 0 spiro atoms. The molecular weight excluding hydrogens is 488 g/mol. The third-order valence-electron chi connectivity index (χ3n) is 6.74. The van der Waals surface area contributed by atoms with E-state index >= 15 is 0 Å². The molecule has 3 amide bonds. The van der Waals surface area contributed by atoms with Gasteiger partial charge in [-0.25, -0.2) is 14.6 Å². The Hall–Kier alpha value is -3.31. The van der Waals surface area contributed by atoms with Crippen molar-refractivity contribution in [2.45, 2.75) is 58.3 Å². The van der Waals surface area contributed by atoms with Crippen molar-refractivity contribution in [3.63, 3.8) is 0 Å². The molecule has 4 rings (SSSR count). The zero-order chi connectivity index (χ0) is 27.5. The first kappa shape index (κ1) is 27.7. The van der Waals surface area contributed by atoms with E-state index in [1.54, 1.807) is 4.90 Å². The van der Waals surface area contributed by atoms with Gasteiger partial charge in [-0.05, 0) is 58.7 Å². The van der Waals surface area contributed by atoms with Crippen molar-refractivity contribution in [3.05, 3.63) is 41.1 Å². The van der Waals surface area contributed by atoms with Crippen LogP contribution < -0.4 is 16.0 Å². The Morgan fingerprint density at radius 1 is 1.26 bits per heavy atom. The Morgan fingerprint density at radius 3 is 2.66 bits per heavy atom. The van der Waals surface area contributed by atoms with Gasteiger partial charge in [0, 0.05) is 36.6 Å². The second kappa shape index (κ2) is 11.2. The number of carbonyl (C=O) groups excluding carboxylic acids is 2. The predicted octanol–water partition coefficient (Wildman–Crippen LogP) is 2.59. The van der Waals surface area contributed by atoms with Crippen LogP contribution in [-0.4, -0.2) is 90.5 Å². The smallest absolute Gasteiger partial charge is 0.410 e. The van der Waals surface area contributed by atoms with Crippen LogP contribution in [0.1, 0.15) is 46.6 Å². The molecule has 0 aromatic heterocycles. The van der Waals surface area contributed by atoms with Gasteiger partial charge >= 0.3 is 12.1 Å². The van der Waals surface area contributed by atoms with E-state index in [4.69, 9.17) is 14.5 Å². The van der Waals surface area contributed by atoms with Gasteiger partial charge in [-0.1, -0.05) is 12.1 Å². The van der Waals surface area contributed by atoms with E-state index in [0.29, 0.717) is 51.5 Å². The fourth-order valence-corrected chi connectivity index (χ4v) is 4.88. The van der Waals surface area contributed by atoms with Crippen LogP contribution in [0.3, 0.4) is 0 Å². The SMILES string of the molecule is CCNC(=O)Nc1ccc(C2(C)N=C(N3CCOC[C@@H]3CO)C3=C(CN(C(=O)OC(C)(C)C)CC3)N2)cc1. The highest BCUT2D eigenvalue weighted by Gasteiger charge is 2.40. The largest absolute Gasteiger partial charge is 0.444 e. The van der Waals surface area contributed by atoms with Gasteiger partial charge in [0.1, 0.15) is 11.4 Å². The molecule has 0 bridgehead atoms. The minimum Gasteiger partial charge on any atom is -0.444 e. The fraction of sp³-hybridized carbons (Fsp3) is 0.593. The monoisotopic (exact) mass is 528 g/mol. The van der Waals surface area contributed by atoms with Crippen molar-refractivity contribution in [2.75, 3.05) is 51.3 Å². The molecule has 11 heteroatoms. The van der Waals surface area contributed by atoms with Crippen molar-refractivity contribution in [1.29, 1.82) is 0 Å². The number of ether oxygens (including phenoxy) is 2. The first-order chi connectivity index (χ1) is 18.0. The lowest BCUT2D eigenvalue weighted by Crippen LogP contribution is -2.57. The Bertz CT molecular complexity index is 1100. The van der Waals surface area contributed by atoms with Gasteiger partial charge in [0.15, 0.2) is 5.66 Å². The van der Waals surface area contributed by atoms with Crippen LogP contribution >= 0.6 is 0 Å². The van der Waals surface area contributed by atoms with E-state index in [1.165, 1.54) is 0 Å². The topological polar surface area (TPSA) is 128 Å². The van der Waals surface area contributed by atoms with E-state index in [-0.39, 0.29) is 24.8 Å². The summed E-state index contributed by atoms with van der Waals surface area (Å²) in [6.07, 6.45) is 0.262. The molecule has 1 aromatic rings. The van der Waals surface area contributed by atoms with Gasteiger partial charge < -0.3 is 40.3 Å². The van der Waals surface area contributed by atoms with Crippen molar-refractivity contribution < 1.29 is 24.2 Å². The molecule has 11 nitrogen and oxygen atoms in total.